The van der Waals surface area contributed by atoms with Gasteiger partial charge >= 0.3 is 5.69 Å². The molecule has 1 aromatic heterocycles. The van der Waals surface area contributed by atoms with Crippen LogP contribution in [0.2, 0.25) is 36.3 Å². The molecule has 0 aliphatic carbocycles. The van der Waals surface area contributed by atoms with E-state index in [9.17, 15) is 14.4 Å². The molecule has 0 radical (unpaired) electrons. The monoisotopic (exact) mass is 585 g/mol. The van der Waals surface area contributed by atoms with Gasteiger partial charge in [0.15, 0.2) is 16.6 Å². The Hall–Kier alpha value is -2.45. The van der Waals surface area contributed by atoms with Crippen LogP contribution in [-0.4, -0.2) is 56.8 Å². The van der Waals surface area contributed by atoms with Crippen LogP contribution in [0.15, 0.2) is 41.3 Å². The molecule has 2 aliphatic heterocycles. The third-order valence-electron chi connectivity index (χ3n) is 9.00. The van der Waals surface area contributed by atoms with Gasteiger partial charge in [0.2, 0.25) is 0 Å². The summed E-state index contributed by atoms with van der Waals surface area (Å²) in [7, 11) is -4.20. The van der Waals surface area contributed by atoms with Gasteiger partial charge in [0.1, 0.15) is 18.1 Å². The van der Waals surface area contributed by atoms with Crippen molar-refractivity contribution >= 4 is 34.3 Å². The Kier molecular flexibility index (Phi) is 7.96. The Morgan fingerprint density at radius 2 is 1.45 bits per heavy atom. The molecular formula is C29H43N3O6Si2. The zero-order chi connectivity index (χ0) is 29.8. The number of amides is 2. The van der Waals surface area contributed by atoms with Crippen molar-refractivity contribution in [1.29, 1.82) is 0 Å². The SMILES string of the molecule is CC(C)(C)[Si](C)(C)OC[C@H]1O[C@@H](n2ccc(N3C(=O)c4ccccc4C3=O)nc2=O)C[C@@H]1O[Si](C)(C)C(C)(C)C. The van der Waals surface area contributed by atoms with Crippen LogP contribution in [-0.2, 0) is 13.6 Å². The van der Waals surface area contributed by atoms with Crippen LogP contribution in [0.1, 0.15) is 74.9 Å². The maximum Gasteiger partial charge on any atom is 0.351 e. The molecule has 3 atom stereocenters. The maximum absolute atomic E-state index is 13.2. The number of rotatable bonds is 7. The van der Waals surface area contributed by atoms with Crippen molar-refractivity contribution in [1.82, 2.24) is 9.55 Å². The minimum atomic E-state index is -2.15. The van der Waals surface area contributed by atoms with Gasteiger partial charge in [-0.1, -0.05) is 53.7 Å². The molecule has 3 heterocycles. The van der Waals surface area contributed by atoms with Crippen LogP contribution in [0.25, 0.3) is 0 Å². The second-order valence-electron chi connectivity index (χ2n) is 13.8. The summed E-state index contributed by atoms with van der Waals surface area (Å²) in [6, 6.07) is 8.10. The lowest BCUT2D eigenvalue weighted by molar-refractivity contribution is -0.0411. The first-order valence-electron chi connectivity index (χ1n) is 13.9. The Morgan fingerprint density at radius 1 is 0.900 bits per heavy atom. The highest BCUT2D eigenvalue weighted by Crippen LogP contribution is 2.42. The highest BCUT2D eigenvalue weighted by atomic mass is 28.4. The van der Waals surface area contributed by atoms with E-state index in [0.29, 0.717) is 24.2 Å². The summed E-state index contributed by atoms with van der Waals surface area (Å²) in [4.78, 5) is 44.1. The number of carbonyl (C=O) groups excluding carboxylic acids is 2. The molecule has 1 fully saturated rings. The van der Waals surface area contributed by atoms with Crippen molar-refractivity contribution in [2.24, 2.45) is 0 Å². The first-order valence-corrected chi connectivity index (χ1v) is 19.7. The molecule has 1 aromatic carbocycles. The highest BCUT2D eigenvalue weighted by molar-refractivity contribution is 6.74. The fourth-order valence-electron chi connectivity index (χ4n) is 4.35. The number of hydrogen-bond donors (Lipinski definition) is 0. The maximum atomic E-state index is 13.2. The molecule has 1 saturated heterocycles. The minimum Gasteiger partial charge on any atom is -0.414 e. The average Bonchev–Trinajstić information content (AvgIpc) is 3.34. The number of anilines is 1. The number of benzene rings is 1. The summed E-state index contributed by atoms with van der Waals surface area (Å²) in [5, 5.41) is 0.0456. The Bertz CT molecular complexity index is 1320. The van der Waals surface area contributed by atoms with Crippen molar-refractivity contribution < 1.29 is 23.2 Å². The molecule has 11 heteroatoms. The number of ether oxygens (including phenoxy) is 1. The summed E-state index contributed by atoms with van der Waals surface area (Å²) >= 11 is 0. The third kappa shape index (κ3) is 5.67. The molecule has 0 N–H and O–H groups in total. The molecule has 0 saturated carbocycles. The van der Waals surface area contributed by atoms with E-state index >= 15 is 0 Å². The second kappa shape index (κ2) is 10.4. The third-order valence-corrected chi connectivity index (χ3v) is 18.0. The molecule has 2 aliphatic rings. The highest BCUT2D eigenvalue weighted by Gasteiger charge is 2.47. The van der Waals surface area contributed by atoms with E-state index in [1.54, 1.807) is 30.5 Å². The quantitative estimate of drug-likeness (QED) is 0.302. The van der Waals surface area contributed by atoms with Gasteiger partial charge in [-0.05, 0) is 54.5 Å². The van der Waals surface area contributed by atoms with E-state index in [1.165, 1.54) is 10.6 Å². The van der Waals surface area contributed by atoms with Crippen molar-refractivity contribution in [3.8, 4) is 0 Å². The van der Waals surface area contributed by atoms with Crippen LogP contribution in [0.3, 0.4) is 0 Å². The van der Waals surface area contributed by atoms with Gasteiger partial charge in [-0.3, -0.25) is 14.2 Å². The standard InChI is InChI=1S/C29H43N3O6Si2/c1-28(2,3)39(7,8)36-18-22-21(38-40(9,10)29(4,5)6)17-24(37-22)31-16-15-23(30-27(31)35)32-25(33)19-13-11-12-14-20(19)26(32)34/h11-16,21-22,24H,17-18H2,1-10H3/t21-,22+,24+/m0/s1. The lowest BCUT2D eigenvalue weighted by Gasteiger charge is -2.40. The summed E-state index contributed by atoms with van der Waals surface area (Å²) in [5.74, 6) is -0.988. The van der Waals surface area contributed by atoms with Crippen LogP contribution >= 0.6 is 0 Å². The van der Waals surface area contributed by atoms with E-state index in [4.69, 9.17) is 13.6 Å². The predicted molar refractivity (Wildman–Crippen MR) is 160 cm³/mol. The summed E-state index contributed by atoms with van der Waals surface area (Å²) in [5.41, 5.74) is -0.00306. The number of aromatic nitrogens is 2. The molecule has 2 aromatic rings. The van der Waals surface area contributed by atoms with Crippen molar-refractivity contribution in [2.45, 2.75) is 103 Å². The van der Waals surface area contributed by atoms with E-state index in [-0.39, 0.29) is 28.1 Å². The van der Waals surface area contributed by atoms with Gasteiger partial charge < -0.3 is 13.6 Å². The lowest BCUT2D eigenvalue weighted by atomic mass is 10.1. The van der Waals surface area contributed by atoms with E-state index < -0.39 is 40.4 Å². The van der Waals surface area contributed by atoms with Gasteiger partial charge in [-0.25, -0.2) is 9.69 Å². The first-order chi connectivity index (χ1) is 18.3. The van der Waals surface area contributed by atoms with Gasteiger partial charge in [0, 0.05) is 12.6 Å². The minimum absolute atomic E-state index is 0.00233. The van der Waals surface area contributed by atoms with E-state index in [0.717, 1.165) is 4.90 Å². The van der Waals surface area contributed by atoms with E-state index in [2.05, 4.69) is 72.7 Å². The first kappa shape index (κ1) is 30.5. The molecular weight excluding hydrogens is 543 g/mol. The van der Waals surface area contributed by atoms with Crippen LogP contribution in [0.5, 0.6) is 0 Å². The molecule has 40 heavy (non-hydrogen) atoms. The van der Waals surface area contributed by atoms with Crippen molar-refractivity contribution in [3.63, 3.8) is 0 Å². The number of imide groups is 1. The molecule has 2 amide bonds. The fraction of sp³-hybridized carbons (Fsp3) is 0.586. The smallest absolute Gasteiger partial charge is 0.351 e. The van der Waals surface area contributed by atoms with Crippen LogP contribution < -0.4 is 10.6 Å². The molecule has 0 unspecified atom stereocenters. The number of carbonyl (C=O) groups is 2. The van der Waals surface area contributed by atoms with E-state index in [1.807, 2.05) is 0 Å². The number of hydrogen-bond acceptors (Lipinski definition) is 7. The Labute approximate surface area is 239 Å². The largest absolute Gasteiger partial charge is 0.414 e. The van der Waals surface area contributed by atoms with Gasteiger partial charge in [0.05, 0.1) is 23.8 Å². The fourth-order valence-corrected chi connectivity index (χ4v) is 6.72. The Balaban J connectivity index is 1.59. The normalized spacial score (nSPS) is 22.2. The average molecular weight is 586 g/mol. The predicted octanol–water partition coefficient (Wildman–Crippen LogP) is 5.74. The molecule has 0 spiro atoms. The molecule has 0 bridgehead atoms. The van der Waals surface area contributed by atoms with Gasteiger partial charge in [-0.15, -0.1) is 0 Å². The van der Waals surface area contributed by atoms with Crippen LogP contribution in [0, 0.1) is 0 Å². The number of fused-ring (bicyclic) bond motifs is 1. The lowest BCUT2D eigenvalue weighted by Crippen LogP contribution is -2.48. The molecule has 9 nitrogen and oxygen atoms in total. The zero-order valence-corrected chi connectivity index (χ0v) is 27.4. The number of nitrogens with zero attached hydrogens (tertiary/aromatic N) is 3. The van der Waals surface area contributed by atoms with Crippen molar-refractivity contribution in [3.05, 3.63) is 58.1 Å². The molecule has 218 valence electrons. The van der Waals surface area contributed by atoms with Gasteiger partial charge in [0.25, 0.3) is 11.8 Å². The summed E-state index contributed by atoms with van der Waals surface area (Å²) < 4.78 is 21.2. The van der Waals surface area contributed by atoms with Crippen molar-refractivity contribution in [2.75, 3.05) is 11.5 Å². The van der Waals surface area contributed by atoms with Gasteiger partial charge in [-0.2, -0.15) is 4.98 Å². The van der Waals surface area contributed by atoms with Crippen LogP contribution in [0.4, 0.5) is 5.82 Å². The topological polar surface area (TPSA) is 100.0 Å². The second-order valence-corrected chi connectivity index (χ2v) is 23.4. The summed E-state index contributed by atoms with van der Waals surface area (Å²) in [6.45, 7) is 22.4. The summed E-state index contributed by atoms with van der Waals surface area (Å²) in [6.07, 6.45) is 0.791. The zero-order valence-electron chi connectivity index (χ0n) is 25.4. The molecule has 4 rings (SSSR count). The Morgan fingerprint density at radius 3 is 1.95 bits per heavy atom.